The summed E-state index contributed by atoms with van der Waals surface area (Å²) in [4.78, 5) is 12.9. The molecular weight excluding hydrogens is 303 g/mol. The molecule has 0 fully saturated rings. The first-order valence-electron chi connectivity index (χ1n) is 5.57. The molecule has 1 aliphatic rings. The molecule has 1 aromatic carbocycles. The van der Waals surface area contributed by atoms with Gasteiger partial charge in [0.2, 0.25) is 0 Å². The third kappa shape index (κ3) is 2.29. The molecule has 2 heterocycles. The topological polar surface area (TPSA) is 26.3 Å². The van der Waals surface area contributed by atoms with Crippen molar-refractivity contribution in [3.63, 3.8) is 0 Å². The van der Waals surface area contributed by atoms with E-state index >= 15 is 0 Å². The summed E-state index contributed by atoms with van der Waals surface area (Å²) in [6.45, 7) is 0.260. The Balaban J connectivity index is 2.19. The number of esters is 1. The molecule has 0 aliphatic carbocycles. The minimum absolute atomic E-state index is 0.260. The van der Waals surface area contributed by atoms with Crippen LogP contribution in [-0.2, 0) is 9.53 Å². The maximum Gasteiger partial charge on any atom is 0.339 e. The second-order valence-corrected chi connectivity index (χ2v) is 6.14. The van der Waals surface area contributed by atoms with Crippen LogP contribution in [0, 0.1) is 0 Å². The Bertz CT molecular complexity index is 688. The van der Waals surface area contributed by atoms with Crippen molar-refractivity contribution < 1.29 is 9.53 Å². The van der Waals surface area contributed by atoms with E-state index in [4.69, 9.17) is 27.9 Å². The number of carbonyl (C=O) groups excluding carboxylic acids is 1. The van der Waals surface area contributed by atoms with E-state index in [1.807, 2.05) is 30.3 Å². The summed E-state index contributed by atoms with van der Waals surface area (Å²) in [5, 5.41) is 0.538. The van der Waals surface area contributed by atoms with Crippen molar-refractivity contribution in [3.05, 3.63) is 56.2 Å². The van der Waals surface area contributed by atoms with E-state index in [1.54, 1.807) is 6.07 Å². The van der Waals surface area contributed by atoms with Gasteiger partial charge in [-0.15, -0.1) is 11.3 Å². The van der Waals surface area contributed by atoms with Crippen molar-refractivity contribution >= 4 is 51.7 Å². The quantitative estimate of drug-likeness (QED) is 0.762. The molecule has 0 atom stereocenters. The maximum absolute atomic E-state index is 12.0. The third-order valence-electron chi connectivity index (χ3n) is 2.87. The summed E-state index contributed by atoms with van der Waals surface area (Å²) in [7, 11) is 0. The molecule has 1 aliphatic heterocycles. The van der Waals surface area contributed by atoms with Gasteiger partial charge in [-0.05, 0) is 18.2 Å². The molecule has 3 rings (SSSR count). The van der Waals surface area contributed by atoms with Gasteiger partial charge < -0.3 is 4.74 Å². The molecule has 0 amide bonds. The fraction of sp³-hybridized carbons (Fsp3) is 0.0714. The van der Waals surface area contributed by atoms with Crippen LogP contribution in [0.3, 0.4) is 0 Å². The van der Waals surface area contributed by atoms with E-state index in [1.165, 1.54) is 11.3 Å². The smallest absolute Gasteiger partial charge is 0.339 e. The monoisotopic (exact) mass is 310 g/mol. The van der Waals surface area contributed by atoms with Gasteiger partial charge in [-0.1, -0.05) is 41.4 Å². The number of thiophene rings is 1. The Labute approximate surface area is 124 Å². The number of carbonyl (C=O) groups is 1. The molecule has 0 saturated heterocycles. The number of hydrogen-bond donors (Lipinski definition) is 0. The van der Waals surface area contributed by atoms with Crippen LogP contribution in [0.1, 0.15) is 10.4 Å². The van der Waals surface area contributed by atoms with Crippen molar-refractivity contribution in [1.29, 1.82) is 0 Å². The Morgan fingerprint density at radius 2 is 1.89 bits per heavy atom. The Morgan fingerprint density at radius 3 is 2.58 bits per heavy atom. The summed E-state index contributed by atoms with van der Waals surface area (Å²) in [5.74, 6) is -0.340. The number of cyclic esters (lactones) is 1. The van der Waals surface area contributed by atoms with E-state index in [2.05, 4.69) is 0 Å². The molecule has 0 spiro atoms. The van der Waals surface area contributed by atoms with Gasteiger partial charge in [0.05, 0.1) is 9.91 Å². The number of ether oxygens (including phenoxy) is 1. The van der Waals surface area contributed by atoms with Gasteiger partial charge in [0.25, 0.3) is 0 Å². The van der Waals surface area contributed by atoms with Crippen LogP contribution in [0.2, 0.25) is 9.36 Å². The fourth-order valence-corrected chi connectivity index (χ4v) is 3.32. The standard InChI is InChI=1S/C14H8Cl2O2S/c15-10-4-2-1-3-8(10)13-9(7-18-14(13)17)11-5-6-12(16)19-11/h1-6H,7H2. The van der Waals surface area contributed by atoms with Crippen molar-refractivity contribution in [1.82, 2.24) is 0 Å². The third-order valence-corrected chi connectivity index (χ3v) is 4.49. The van der Waals surface area contributed by atoms with Gasteiger partial charge in [-0.2, -0.15) is 0 Å². The van der Waals surface area contributed by atoms with Crippen molar-refractivity contribution in [3.8, 4) is 0 Å². The van der Waals surface area contributed by atoms with Gasteiger partial charge in [0, 0.05) is 21.0 Å². The second kappa shape index (κ2) is 5.00. The van der Waals surface area contributed by atoms with Crippen molar-refractivity contribution in [2.75, 3.05) is 6.61 Å². The van der Waals surface area contributed by atoms with E-state index in [0.717, 1.165) is 10.5 Å². The Kier molecular flexibility index (Phi) is 3.35. The van der Waals surface area contributed by atoms with Crippen LogP contribution < -0.4 is 0 Å². The molecule has 0 unspecified atom stereocenters. The van der Waals surface area contributed by atoms with E-state index in [-0.39, 0.29) is 12.6 Å². The summed E-state index contributed by atoms with van der Waals surface area (Å²) in [6.07, 6.45) is 0. The minimum Gasteiger partial charge on any atom is -0.457 e. The highest BCUT2D eigenvalue weighted by atomic mass is 35.5. The second-order valence-electron chi connectivity index (χ2n) is 4.01. The fourth-order valence-electron chi connectivity index (χ4n) is 2.01. The van der Waals surface area contributed by atoms with Gasteiger partial charge in [-0.25, -0.2) is 4.79 Å². The molecule has 2 nitrogen and oxygen atoms in total. The highest BCUT2D eigenvalue weighted by molar-refractivity contribution is 7.17. The lowest BCUT2D eigenvalue weighted by atomic mass is 10.0. The van der Waals surface area contributed by atoms with E-state index < -0.39 is 0 Å². The Hall–Kier alpha value is -1.29. The maximum atomic E-state index is 12.0. The van der Waals surface area contributed by atoms with Gasteiger partial charge in [0.1, 0.15) is 6.61 Å². The predicted octanol–water partition coefficient (Wildman–Crippen LogP) is 4.52. The van der Waals surface area contributed by atoms with Gasteiger partial charge in [-0.3, -0.25) is 0 Å². The minimum atomic E-state index is -0.340. The predicted molar refractivity (Wildman–Crippen MR) is 78.6 cm³/mol. The zero-order chi connectivity index (χ0) is 13.4. The molecule has 5 heteroatoms. The highest BCUT2D eigenvalue weighted by Gasteiger charge is 2.29. The highest BCUT2D eigenvalue weighted by Crippen LogP contribution is 2.39. The van der Waals surface area contributed by atoms with Crippen LogP contribution in [0.5, 0.6) is 0 Å². The summed E-state index contributed by atoms with van der Waals surface area (Å²) in [5.41, 5.74) is 2.07. The molecule has 0 bridgehead atoms. The van der Waals surface area contributed by atoms with Crippen molar-refractivity contribution in [2.24, 2.45) is 0 Å². The zero-order valence-corrected chi connectivity index (χ0v) is 12.0. The molecule has 0 radical (unpaired) electrons. The first kappa shape index (κ1) is 12.7. The lowest BCUT2D eigenvalue weighted by molar-refractivity contribution is -0.133. The van der Waals surface area contributed by atoms with Crippen molar-refractivity contribution in [2.45, 2.75) is 0 Å². The summed E-state index contributed by atoms with van der Waals surface area (Å²) in [6, 6.07) is 10.9. The molecule has 0 N–H and O–H groups in total. The summed E-state index contributed by atoms with van der Waals surface area (Å²) < 4.78 is 5.82. The van der Waals surface area contributed by atoms with Crippen LogP contribution in [0.4, 0.5) is 0 Å². The van der Waals surface area contributed by atoms with Gasteiger partial charge in [0.15, 0.2) is 0 Å². The molecule has 96 valence electrons. The van der Waals surface area contributed by atoms with Crippen LogP contribution >= 0.6 is 34.5 Å². The molecule has 2 aromatic rings. The molecule has 0 saturated carbocycles. The average Bonchev–Trinajstić information content (AvgIpc) is 2.96. The largest absolute Gasteiger partial charge is 0.457 e. The number of benzene rings is 1. The number of hydrogen-bond acceptors (Lipinski definition) is 3. The first-order valence-corrected chi connectivity index (χ1v) is 7.15. The zero-order valence-electron chi connectivity index (χ0n) is 9.65. The van der Waals surface area contributed by atoms with Crippen LogP contribution in [0.25, 0.3) is 11.1 Å². The van der Waals surface area contributed by atoms with E-state index in [0.29, 0.717) is 20.5 Å². The average molecular weight is 311 g/mol. The van der Waals surface area contributed by atoms with E-state index in [9.17, 15) is 4.79 Å². The van der Waals surface area contributed by atoms with Crippen LogP contribution in [-0.4, -0.2) is 12.6 Å². The SMILES string of the molecule is O=C1OCC(c2ccc(Cl)s2)=C1c1ccccc1Cl. The summed E-state index contributed by atoms with van der Waals surface area (Å²) >= 11 is 13.5. The molecule has 19 heavy (non-hydrogen) atoms. The lowest BCUT2D eigenvalue weighted by Crippen LogP contribution is -1.98. The first-order chi connectivity index (χ1) is 9.16. The molecular formula is C14H8Cl2O2S. The van der Waals surface area contributed by atoms with Crippen LogP contribution in [0.15, 0.2) is 36.4 Å². The molecule has 1 aromatic heterocycles. The number of rotatable bonds is 2. The lowest BCUT2D eigenvalue weighted by Gasteiger charge is -2.04. The normalized spacial score (nSPS) is 14.9. The Morgan fingerprint density at radius 1 is 1.11 bits per heavy atom. The van der Waals surface area contributed by atoms with Gasteiger partial charge >= 0.3 is 5.97 Å². The number of halogens is 2.